The van der Waals surface area contributed by atoms with Crippen LogP contribution in [0, 0.1) is 0 Å². The second-order valence-corrected chi connectivity index (χ2v) is 4.58. The zero-order valence-corrected chi connectivity index (χ0v) is 11.7. The zero-order chi connectivity index (χ0) is 13.7. The SMILES string of the molecule is CN(C)c1n[nH]c(NC(=S)NCc2ccccc2)n1. The Labute approximate surface area is 117 Å². The predicted octanol–water partition coefficient (Wildman–Crippen LogP) is 1.36. The van der Waals surface area contributed by atoms with E-state index in [4.69, 9.17) is 12.2 Å². The summed E-state index contributed by atoms with van der Waals surface area (Å²) in [6.07, 6.45) is 0. The fraction of sp³-hybridized carbons (Fsp3) is 0.250. The van der Waals surface area contributed by atoms with Crippen LogP contribution in [0.1, 0.15) is 5.56 Å². The smallest absolute Gasteiger partial charge is 0.245 e. The van der Waals surface area contributed by atoms with E-state index in [1.165, 1.54) is 5.56 Å². The molecular formula is C12H16N6S. The molecule has 1 aromatic heterocycles. The van der Waals surface area contributed by atoms with E-state index < -0.39 is 0 Å². The fourth-order valence-electron chi connectivity index (χ4n) is 1.44. The quantitative estimate of drug-likeness (QED) is 0.733. The summed E-state index contributed by atoms with van der Waals surface area (Å²) in [7, 11) is 3.75. The maximum Gasteiger partial charge on any atom is 0.245 e. The fourth-order valence-corrected chi connectivity index (χ4v) is 1.61. The molecule has 0 aliphatic rings. The Balaban J connectivity index is 1.84. The van der Waals surface area contributed by atoms with Crippen molar-refractivity contribution in [3.8, 4) is 0 Å². The number of hydrogen-bond acceptors (Lipinski definition) is 4. The number of aromatic amines is 1. The first-order valence-electron chi connectivity index (χ1n) is 5.83. The number of anilines is 2. The topological polar surface area (TPSA) is 68.9 Å². The Bertz CT molecular complexity index is 536. The van der Waals surface area contributed by atoms with Gasteiger partial charge in [0.15, 0.2) is 5.11 Å². The molecule has 0 aliphatic heterocycles. The zero-order valence-electron chi connectivity index (χ0n) is 10.8. The van der Waals surface area contributed by atoms with Crippen molar-refractivity contribution in [3.05, 3.63) is 35.9 Å². The molecule has 0 amide bonds. The minimum absolute atomic E-state index is 0.505. The van der Waals surface area contributed by atoms with Crippen molar-refractivity contribution < 1.29 is 0 Å². The van der Waals surface area contributed by atoms with Gasteiger partial charge in [-0.1, -0.05) is 30.3 Å². The molecule has 0 saturated heterocycles. The Morgan fingerprint density at radius 1 is 1.32 bits per heavy atom. The number of H-pyrrole nitrogens is 1. The molecule has 2 rings (SSSR count). The van der Waals surface area contributed by atoms with Gasteiger partial charge < -0.3 is 15.5 Å². The molecule has 0 unspecified atom stereocenters. The Morgan fingerprint density at radius 2 is 2.05 bits per heavy atom. The van der Waals surface area contributed by atoms with Gasteiger partial charge in [0.25, 0.3) is 0 Å². The first-order valence-corrected chi connectivity index (χ1v) is 6.24. The number of hydrogen-bond donors (Lipinski definition) is 3. The van der Waals surface area contributed by atoms with Gasteiger partial charge in [0.05, 0.1) is 0 Å². The van der Waals surface area contributed by atoms with Crippen LogP contribution in [0.3, 0.4) is 0 Å². The maximum absolute atomic E-state index is 5.19. The Hall–Kier alpha value is -2.15. The van der Waals surface area contributed by atoms with Crippen LogP contribution in [0.5, 0.6) is 0 Å². The predicted molar refractivity (Wildman–Crippen MR) is 80.2 cm³/mol. The van der Waals surface area contributed by atoms with E-state index in [1.54, 1.807) is 0 Å². The van der Waals surface area contributed by atoms with Crippen molar-refractivity contribution in [1.29, 1.82) is 0 Å². The average molecular weight is 276 g/mol. The summed E-state index contributed by atoms with van der Waals surface area (Å²) in [6.45, 7) is 0.668. The molecule has 0 bridgehead atoms. The molecule has 100 valence electrons. The molecule has 6 nitrogen and oxygen atoms in total. The third-order valence-electron chi connectivity index (χ3n) is 2.40. The molecule has 0 fully saturated rings. The summed E-state index contributed by atoms with van der Waals surface area (Å²) in [4.78, 5) is 6.03. The van der Waals surface area contributed by atoms with Gasteiger partial charge in [0.1, 0.15) is 0 Å². The molecule has 19 heavy (non-hydrogen) atoms. The maximum atomic E-state index is 5.19. The van der Waals surface area contributed by atoms with Crippen molar-refractivity contribution in [3.63, 3.8) is 0 Å². The largest absolute Gasteiger partial charge is 0.358 e. The van der Waals surface area contributed by atoms with Crippen LogP contribution >= 0.6 is 12.2 Å². The third kappa shape index (κ3) is 3.92. The molecule has 2 aromatic rings. The number of thiocarbonyl (C=S) groups is 1. The van der Waals surface area contributed by atoms with Crippen LogP contribution in [0.15, 0.2) is 30.3 Å². The average Bonchev–Trinajstić information content (AvgIpc) is 2.86. The van der Waals surface area contributed by atoms with E-state index in [9.17, 15) is 0 Å². The molecular weight excluding hydrogens is 260 g/mol. The van der Waals surface area contributed by atoms with Gasteiger partial charge in [0, 0.05) is 20.6 Å². The number of benzene rings is 1. The van der Waals surface area contributed by atoms with Gasteiger partial charge in [-0.05, 0) is 17.8 Å². The lowest BCUT2D eigenvalue weighted by molar-refractivity contribution is 0.923. The highest BCUT2D eigenvalue weighted by Crippen LogP contribution is 2.05. The van der Waals surface area contributed by atoms with E-state index in [2.05, 4.69) is 25.8 Å². The summed E-state index contributed by atoms with van der Waals surface area (Å²) in [6, 6.07) is 10.0. The summed E-state index contributed by atoms with van der Waals surface area (Å²) >= 11 is 5.19. The molecule has 0 atom stereocenters. The minimum Gasteiger partial charge on any atom is -0.358 e. The molecule has 3 N–H and O–H groups in total. The molecule has 0 radical (unpaired) electrons. The van der Waals surface area contributed by atoms with E-state index in [0.717, 1.165) is 0 Å². The van der Waals surface area contributed by atoms with E-state index >= 15 is 0 Å². The highest BCUT2D eigenvalue weighted by molar-refractivity contribution is 7.80. The Kier molecular flexibility index (Phi) is 4.30. The normalized spacial score (nSPS) is 10.0. The Morgan fingerprint density at radius 3 is 2.68 bits per heavy atom. The molecule has 7 heteroatoms. The number of aromatic nitrogens is 3. The van der Waals surface area contributed by atoms with Crippen LogP contribution in [0.4, 0.5) is 11.9 Å². The van der Waals surface area contributed by atoms with E-state index in [0.29, 0.717) is 23.6 Å². The van der Waals surface area contributed by atoms with Gasteiger partial charge in [-0.15, -0.1) is 5.10 Å². The highest BCUT2D eigenvalue weighted by atomic mass is 32.1. The second kappa shape index (κ2) is 6.14. The van der Waals surface area contributed by atoms with Crippen LogP contribution in [-0.2, 0) is 6.54 Å². The minimum atomic E-state index is 0.505. The number of rotatable bonds is 4. The van der Waals surface area contributed by atoms with Gasteiger partial charge in [0.2, 0.25) is 11.9 Å². The van der Waals surface area contributed by atoms with Crippen molar-refractivity contribution in [2.45, 2.75) is 6.54 Å². The van der Waals surface area contributed by atoms with Gasteiger partial charge in [-0.2, -0.15) is 4.98 Å². The van der Waals surface area contributed by atoms with Crippen LogP contribution < -0.4 is 15.5 Å². The van der Waals surface area contributed by atoms with E-state index in [-0.39, 0.29) is 0 Å². The van der Waals surface area contributed by atoms with Crippen molar-refractivity contribution in [2.75, 3.05) is 24.3 Å². The molecule has 0 aliphatic carbocycles. The number of nitrogens with zero attached hydrogens (tertiary/aromatic N) is 3. The summed E-state index contributed by atoms with van der Waals surface area (Å²) in [5.41, 5.74) is 1.17. The molecule has 1 heterocycles. The van der Waals surface area contributed by atoms with Gasteiger partial charge in [-0.25, -0.2) is 5.10 Å². The lowest BCUT2D eigenvalue weighted by Gasteiger charge is -2.08. The number of nitrogens with one attached hydrogen (secondary N) is 3. The summed E-state index contributed by atoms with van der Waals surface area (Å²) in [5, 5.41) is 13.4. The van der Waals surface area contributed by atoms with Crippen molar-refractivity contribution >= 4 is 29.2 Å². The molecule has 0 saturated carbocycles. The third-order valence-corrected chi connectivity index (χ3v) is 2.65. The first kappa shape index (κ1) is 13.3. The van der Waals surface area contributed by atoms with Crippen LogP contribution in [-0.4, -0.2) is 34.4 Å². The lowest BCUT2D eigenvalue weighted by atomic mass is 10.2. The molecule has 1 aromatic carbocycles. The lowest BCUT2D eigenvalue weighted by Crippen LogP contribution is -2.28. The summed E-state index contributed by atoms with van der Waals surface area (Å²) < 4.78 is 0. The standard InChI is InChI=1S/C12H16N6S/c1-18(2)11-14-10(16-17-11)15-12(19)13-8-9-6-4-3-5-7-9/h3-7H,8H2,1-2H3,(H3,13,14,15,16,17,19). The first-order chi connectivity index (χ1) is 9.15. The second-order valence-electron chi connectivity index (χ2n) is 4.17. The van der Waals surface area contributed by atoms with Crippen molar-refractivity contribution in [2.24, 2.45) is 0 Å². The van der Waals surface area contributed by atoms with Gasteiger partial charge in [-0.3, -0.25) is 0 Å². The highest BCUT2D eigenvalue weighted by Gasteiger charge is 2.05. The molecule has 0 spiro atoms. The summed E-state index contributed by atoms with van der Waals surface area (Å²) in [5.74, 6) is 1.13. The van der Waals surface area contributed by atoms with Crippen LogP contribution in [0.25, 0.3) is 0 Å². The van der Waals surface area contributed by atoms with Gasteiger partial charge >= 0.3 is 0 Å². The van der Waals surface area contributed by atoms with Crippen LogP contribution in [0.2, 0.25) is 0 Å². The van der Waals surface area contributed by atoms with Crippen molar-refractivity contribution in [1.82, 2.24) is 20.5 Å². The monoisotopic (exact) mass is 276 g/mol. The van der Waals surface area contributed by atoms with E-state index in [1.807, 2.05) is 49.3 Å².